The zero-order chi connectivity index (χ0) is 13.1. The summed E-state index contributed by atoms with van der Waals surface area (Å²) in [6.45, 7) is 2.81. The topological polar surface area (TPSA) is 71.3 Å². The van der Waals surface area contributed by atoms with E-state index < -0.39 is 0 Å². The number of hydrogen-bond acceptors (Lipinski definition) is 5. The number of anilines is 2. The van der Waals surface area contributed by atoms with E-state index in [4.69, 9.17) is 0 Å². The number of pyridine rings is 1. The van der Waals surface area contributed by atoms with Gasteiger partial charge < -0.3 is 10.2 Å². The van der Waals surface area contributed by atoms with Crippen molar-refractivity contribution in [3.05, 3.63) is 22.2 Å². The zero-order valence-corrected chi connectivity index (χ0v) is 10.7. The van der Waals surface area contributed by atoms with Gasteiger partial charge in [-0.05, 0) is 19.3 Å². The zero-order valence-electron chi connectivity index (χ0n) is 10.7. The first kappa shape index (κ1) is 12.6. The molecule has 1 aliphatic rings. The third-order valence-corrected chi connectivity index (χ3v) is 3.02. The fourth-order valence-electron chi connectivity index (χ4n) is 1.78. The van der Waals surface area contributed by atoms with Gasteiger partial charge in [0.25, 0.3) is 5.69 Å². The summed E-state index contributed by atoms with van der Waals surface area (Å²) in [6, 6.07) is 3.51. The molecule has 6 heteroatoms. The lowest BCUT2D eigenvalue weighted by Crippen LogP contribution is -2.21. The van der Waals surface area contributed by atoms with E-state index >= 15 is 0 Å². The molecular weight excluding hydrogens is 232 g/mol. The minimum atomic E-state index is -0.372. The fraction of sp³-hybridized carbons (Fsp3) is 0.583. The Balaban J connectivity index is 2.26. The summed E-state index contributed by atoms with van der Waals surface area (Å²) in [6.07, 6.45) is 3.23. The van der Waals surface area contributed by atoms with Crippen LogP contribution in [-0.4, -0.2) is 29.5 Å². The molecule has 0 atom stereocenters. The Bertz CT molecular complexity index is 446. The summed E-state index contributed by atoms with van der Waals surface area (Å²) >= 11 is 0. The number of nitro groups is 1. The fourth-order valence-corrected chi connectivity index (χ4v) is 1.78. The summed E-state index contributed by atoms with van der Waals surface area (Å²) in [5.41, 5.74) is 0.0890. The van der Waals surface area contributed by atoms with Crippen molar-refractivity contribution < 1.29 is 4.92 Å². The Morgan fingerprint density at radius 2 is 2.28 bits per heavy atom. The highest BCUT2D eigenvalue weighted by atomic mass is 16.6. The van der Waals surface area contributed by atoms with E-state index in [9.17, 15) is 10.1 Å². The number of hydrogen-bond donors (Lipinski definition) is 1. The summed E-state index contributed by atoms with van der Waals surface area (Å²) in [4.78, 5) is 17.0. The normalized spacial score (nSPS) is 14.3. The summed E-state index contributed by atoms with van der Waals surface area (Å²) in [5, 5.41) is 14.0. The summed E-state index contributed by atoms with van der Waals surface area (Å²) in [7, 11) is 1.94. The SMILES string of the molecule is CCCNc1cc([N+](=O)[O-])cc(N(C)C2CC2)n1. The van der Waals surface area contributed by atoms with Gasteiger partial charge in [0.2, 0.25) is 0 Å². The van der Waals surface area contributed by atoms with E-state index in [1.807, 2.05) is 18.9 Å². The molecule has 1 aromatic heterocycles. The highest BCUT2D eigenvalue weighted by Crippen LogP contribution is 2.31. The van der Waals surface area contributed by atoms with Crippen LogP contribution in [0.3, 0.4) is 0 Å². The lowest BCUT2D eigenvalue weighted by atomic mass is 10.3. The Labute approximate surface area is 106 Å². The Kier molecular flexibility index (Phi) is 3.64. The molecule has 0 spiro atoms. The highest BCUT2D eigenvalue weighted by molar-refractivity contribution is 5.56. The molecule has 1 aromatic rings. The largest absolute Gasteiger partial charge is 0.370 e. The van der Waals surface area contributed by atoms with Gasteiger partial charge in [-0.25, -0.2) is 4.98 Å². The number of nitrogens with zero attached hydrogens (tertiary/aromatic N) is 3. The van der Waals surface area contributed by atoms with Gasteiger partial charge in [0.15, 0.2) is 0 Å². The number of rotatable bonds is 6. The maximum absolute atomic E-state index is 10.9. The molecule has 1 heterocycles. The second kappa shape index (κ2) is 5.20. The van der Waals surface area contributed by atoms with Gasteiger partial charge in [-0.1, -0.05) is 6.92 Å². The van der Waals surface area contributed by atoms with Crippen LogP contribution in [0.1, 0.15) is 26.2 Å². The van der Waals surface area contributed by atoms with Crippen molar-refractivity contribution >= 4 is 17.3 Å². The van der Waals surface area contributed by atoms with Gasteiger partial charge >= 0.3 is 0 Å². The Morgan fingerprint density at radius 1 is 1.56 bits per heavy atom. The van der Waals surface area contributed by atoms with E-state index in [2.05, 4.69) is 10.3 Å². The molecule has 0 aromatic carbocycles. The van der Waals surface area contributed by atoms with Crippen molar-refractivity contribution in [1.82, 2.24) is 4.98 Å². The van der Waals surface area contributed by atoms with Crippen LogP contribution in [0.2, 0.25) is 0 Å². The second-order valence-corrected chi connectivity index (χ2v) is 4.59. The first-order valence-electron chi connectivity index (χ1n) is 6.25. The van der Waals surface area contributed by atoms with Gasteiger partial charge in [-0.2, -0.15) is 0 Å². The molecular formula is C12H18N4O2. The van der Waals surface area contributed by atoms with Gasteiger partial charge in [0.05, 0.1) is 17.1 Å². The Morgan fingerprint density at radius 3 is 2.83 bits per heavy atom. The Hall–Kier alpha value is -1.85. The van der Waals surface area contributed by atoms with Crippen LogP contribution in [0, 0.1) is 10.1 Å². The van der Waals surface area contributed by atoms with Crippen molar-refractivity contribution in [2.24, 2.45) is 0 Å². The van der Waals surface area contributed by atoms with Crippen LogP contribution in [0.5, 0.6) is 0 Å². The molecule has 1 aliphatic carbocycles. The quantitative estimate of drug-likeness (QED) is 0.620. The first-order chi connectivity index (χ1) is 8.61. The van der Waals surface area contributed by atoms with E-state index in [-0.39, 0.29) is 10.6 Å². The summed E-state index contributed by atoms with van der Waals surface area (Å²) < 4.78 is 0. The molecule has 0 aliphatic heterocycles. The van der Waals surface area contributed by atoms with E-state index in [0.717, 1.165) is 25.8 Å². The van der Waals surface area contributed by atoms with Crippen molar-refractivity contribution in [2.75, 3.05) is 23.8 Å². The minimum Gasteiger partial charge on any atom is -0.370 e. The lowest BCUT2D eigenvalue weighted by Gasteiger charge is -2.18. The third kappa shape index (κ3) is 2.88. The molecule has 98 valence electrons. The average molecular weight is 250 g/mol. The van der Waals surface area contributed by atoms with E-state index in [1.165, 1.54) is 12.1 Å². The summed E-state index contributed by atoms with van der Waals surface area (Å²) in [5.74, 6) is 1.25. The van der Waals surface area contributed by atoms with Crippen LogP contribution < -0.4 is 10.2 Å². The van der Waals surface area contributed by atoms with Gasteiger partial charge in [-0.3, -0.25) is 10.1 Å². The molecule has 1 N–H and O–H groups in total. The van der Waals surface area contributed by atoms with Gasteiger partial charge in [0, 0.05) is 19.6 Å². The monoisotopic (exact) mass is 250 g/mol. The number of nitrogens with one attached hydrogen (secondary N) is 1. The van der Waals surface area contributed by atoms with Crippen molar-refractivity contribution in [2.45, 2.75) is 32.2 Å². The molecule has 6 nitrogen and oxygen atoms in total. The highest BCUT2D eigenvalue weighted by Gasteiger charge is 2.28. The average Bonchev–Trinajstić information content (AvgIpc) is 3.19. The van der Waals surface area contributed by atoms with Gasteiger partial charge in [-0.15, -0.1) is 0 Å². The molecule has 1 saturated carbocycles. The lowest BCUT2D eigenvalue weighted by molar-refractivity contribution is -0.384. The third-order valence-electron chi connectivity index (χ3n) is 3.02. The number of aromatic nitrogens is 1. The van der Waals surface area contributed by atoms with Crippen LogP contribution in [-0.2, 0) is 0 Å². The molecule has 1 fully saturated rings. The van der Waals surface area contributed by atoms with Crippen molar-refractivity contribution in [3.8, 4) is 0 Å². The van der Waals surface area contributed by atoms with Crippen LogP contribution in [0.15, 0.2) is 12.1 Å². The van der Waals surface area contributed by atoms with E-state index in [0.29, 0.717) is 17.7 Å². The minimum absolute atomic E-state index is 0.0890. The predicted molar refractivity (Wildman–Crippen MR) is 71.1 cm³/mol. The molecule has 2 rings (SSSR count). The second-order valence-electron chi connectivity index (χ2n) is 4.59. The molecule has 0 amide bonds. The van der Waals surface area contributed by atoms with Crippen molar-refractivity contribution in [3.63, 3.8) is 0 Å². The standard InChI is InChI=1S/C12H18N4O2/c1-3-6-13-11-7-10(16(17)18)8-12(14-11)15(2)9-4-5-9/h7-9H,3-6H2,1-2H3,(H,13,14). The maximum atomic E-state index is 10.9. The van der Waals surface area contributed by atoms with Gasteiger partial charge in [0.1, 0.15) is 11.6 Å². The predicted octanol–water partition coefficient (Wildman–Crippen LogP) is 2.41. The van der Waals surface area contributed by atoms with Crippen molar-refractivity contribution in [1.29, 1.82) is 0 Å². The molecule has 0 saturated heterocycles. The molecule has 0 radical (unpaired) electrons. The maximum Gasteiger partial charge on any atom is 0.276 e. The molecule has 0 bridgehead atoms. The van der Waals surface area contributed by atoms with Crippen LogP contribution in [0.4, 0.5) is 17.3 Å². The van der Waals surface area contributed by atoms with Crippen LogP contribution in [0.25, 0.3) is 0 Å². The smallest absolute Gasteiger partial charge is 0.276 e. The first-order valence-corrected chi connectivity index (χ1v) is 6.25. The molecule has 0 unspecified atom stereocenters. The van der Waals surface area contributed by atoms with Crippen LogP contribution >= 0.6 is 0 Å². The molecule has 18 heavy (non-hydrogen) atoms. The van der Waals surface area contributed by atoms with E-state index in [1.54, 1.807) is 0 Å².